The molecule has 4 nitrogen and oxygen atoms in total. The molecule has 0 heterocycles. The van der Waals surface area contributed by atoms with Gasteiger partial charge in [0.2, 0.25) is 5.91 Å². The summed E-state index contributed by atoms with van der Waals surface area (Å²) >= 11 is 0. The van der Waals surface area contributed by atoms with Crippen molar-refractivity contribution in [2.24, 2.45) is 17.8 Å². The highest BCUT2D eigenvalue weighted by atomic mass is 16.2. The average Bonchev–Trinajstić information content (AvgIpc) is 2.70. The molecule has 0 bridgehead atoms. The van der Waals surface area contributed by atoms with Crippen molar-refractivity contribution in [1.82, 2.24) is 5.32 Å². The van der Waals surface area contributed by atoms with Crippen LogP contribution in [-0.4, -0.2) is 24.5 Å². The Balaban J connectivity index is 1.82. The van der Waals surface area contributed by atoms with Gasteiger partial charge in [-0.3, -0.25) is 14.4 Å². The van der Waals surface area contributed by atoms with Gasteiger partial charge in [0.25, 0.3) is 0 Å². The molecule has 0 aromatic carbocycles. The summed E-state index contributed by atoms with van der Waals surface area (Å²) in [6.45, 7) is 0. The monoisotopic (exact) mass is 249 g/mol. The van der Waals surface area contributed by atoms with E-state index in [0.717, 1.165) is 25.7 Å². The molecule has 0 unspecified atom stereocenters. The van der Waals surface area contributed by atoms with E-state index in [1.165, 1.54) is 12.2 Å². The molecule has 1 saturated carbocycles. The average molecular weight is 249 g/mol. The topological polar surface area (TPSA) is 63.2 Å². The van der Waals surface area contributed by atoms with Crippen LogP contribution in [0.2, 0.25) is 0 Å². The normalized spacial score (nSPS) is 28.7. The van der Waals surface area contributed by atoms with Crippen molar-refractivity contribution in [2.45, 2.75) is 32.1 Å². The van der Waals surface area contributed by atoms with Gasteiger partial charge in [-0.1, -0.05) is 0 Å². The molecule has 0 atom stereocenters. The predicted molar refractivity (Wildman–Crippen MR) is 66.8 cm³/mol. The Labute approximate surface area is 107 Å². The van der Waals surface area contributed by atoms with E-state index in [0.29, 0.717) is 12.3 Å². The summed E-state index contributed by atoms with van der Waals surface area (Å²) in [5, 5.41) is 2.68. The molecule has 2 aliphatic carbocycles. The lowest BCUT2D eigenvalue weighted by Crippen LogP contribution is -2.31. The van der Waals surface area contributed by atoms with Gasteiger partial charge in [-0.25, -0.2) is 0 Å². The zero-order valence-electron chi connectivity index (χ0n) is 10.6. The van der Waals surface area contributed by atoms with Crippen molar-refractivity contribution in [2.75, 3.05) is 7.05 Å². The van der Waals surface area contributed by atoms with Crippen LogP contribution in [0.15, 0.2) is 12.2 Å². The molecule has 0 radical (unpaired) electrons. The number of carbonyl (C=O) groups is 3. The van der Waals surface area contributed by atoms with Gasteiger partial charge in [-0.15, -0.1) is 0 Å². The maximum absolute atomic E-state index is 11.5. The third-order valence-corrected chi connectivity index (χ3v) is 4.13. The van der Waals surface area contributed by atoms with Crippen LogP contribution in [0.1, 0.15) is 32.1 Å². The van der Waals surface area contributed by atoms with Crippen LogP contribution in [0.4, 0.5) is 0 Å². The van der Waals surface area contributed by atoms with E-state index in [9.17, 15) is 14.4 Å². The molecular formula is C14H19NO3. The Morgan fingerprint density at radius 2 is 1.72 bits per heavy atom. The van der Waals surface area contributed by atoms with Gasteiger partial charge < -0.3 is 5.32 Å². The molecular weight excluding hydrogens is 230 g/mol. The number of allylic oxidation sites excluding steroid dienone is 2. The highest BCUT2D eigenvalue weighted by Crippen LogP contribution is 2.34. The first-order chi connectivity index (χ1) is 8.61. The fourth-order valence-electron chi connectivity index (χ4n) is 2.97. The number of carbonyl (C=O) groups excluding carboxylic acids is 3. The first-order valence-electron chi connectivity index (χ1n) is 6.59. The molecule has 0 saturated heterocycles. The van der Waals surface area contributed by atoms with E-state index < -0.39 is 5.92 Å². The Morgan fingerprint density at radius 3 is 2.22 bits per heavy atom. The predicted octanol–water partition coefficient (Wildman–Crippen LogP) is 1.25. The van der Waals surface area contributed by atoms with Gasteiger partial charge in [0.15, 0.2) is 11.6 Å². The number of hydrogen-bond acceptors (Lipinski definition) is 3. The summed E-state index contributed by atoms with van der Waals surface area (Å²) in [6, 6.07) is 0. The molecule has 1 amide bonds. The van der Waals surface area contributed by atoms with E-state index >= 15 is 0 Å². The van der Waals surface area contributed by atoms with Gasteiger partial charge in [0, 0.05) is 13.0 Å². The van der Waals surface area contributed by atoms with Crippen LogP contribution in [0.25, 0.3) is 0 Å². The molecule has 4 heteroatoms. The van der Waals surface area contributed by atoms with Gasteiger partial charge in [0.1, 0.15) is 0 Å². The molecule has 1 fully saturated rings. The van der Waals surface area contributed by atoms with Crippen LogP contribution in [0.5, 0.6) is 0 Å². The summed E-state index contributed by atoms with van der Waals surface area (Å²) in [4.78, 5) is 34.5. The van der Waals surface area contributed by atoms with Crippen molar-refractivity contribution in [3.8, 4) is 0 Å². The van der Waals surface area contributed by atoms with Crippen molar-refractivity contribution >= 4 is 17.5 Å². The lowest BCUT2D eigenvalue weighted by Gasteiger charge is -2.28. The highest BCUT2D eigenvalue weighted by Gasteiger charge is 2.33. The van der Waals surface area contributed by atoms with Crippen molar-refractivity contribution in [1.29, 1.82) is 0 Å². The molecule has 18 heavy (non-hydrogen) atoms. The molecule has 98 valence electrons. The van der Waals surface area contributed by atoms with Crippen molar-refractivity contribution in [3.63, 3.8) is 0 Å². The van der Waals surface area contributed by atoms with Gasteiger partial charge in [-0.2, -0.15) is 0 Å². The fourth-order valence-corrected chi connectivity index (χ4v) is 2.97. The highest BCUT2D eigenvalue weighted by molar-refractivity contribution is 6.18. The minimum absolute atomic E-state index is 0.0478. The van der Waals surface area contributed by atoms with E-state index in [1.54, 1.807) is 7.05 Å². The summed E-state index contributed by atoms with van der Waals surface area (Å²) in [6.07, 6.45) is 7.06. The molecule has 0 aromatic heterocycles. The third kappa shape index (κ3) is 2.68. The molecule has 0 aromatic rings. The summed E-state index contributed by atoms with van der Waals surface area (Å²) < 4.78 is 0. The molecule has 2 rings (SSSR count). The second-order valence-corrected chi connectivity index (χ2v) is 5.26. The lowest BCUT2D eigenvalue weighted by molar-refractivity contribution is -0.128. The van der Waals surface area contributed by atoms with Crippen LogP contribution in [0.3, 0.4) is 0 Å². The summed E-state index contributed by atoms with van der Waals surface area (Å²) in [5.41, 5.74) is 0. The maximum atomic E-state index is 11.5. The zero-order valence-corrected chi connectivity index (χ0v) is 10.6. The SMILES string of the molecule is CNC(=O)C1CCC(CC2C(=O)C=CC2=O)CC1. The molecule has 1 N–H and O–H groups in total. The van der Waals surface area contributed by atoms with Crippen LogP contribution >= 0.6 is 0 Å². The Kier molecular flexibility index (Phi) is 3.94. The number of hydrogen-bond donors (Lipinski definition) is 1. The fraction of sp³-hybridized carbons (Fsp3) is 0.643. The lowest BCUT2D eigenvalue weighted by atomic mass is 9.77. The van der Waals surface area contributed by atoms with Crippen LogP contribution < -0.4 is 5.32 Å². The van der Waals surface area contributed by atoms with E-state index in [2.05, 4.69) is 5.32 Å². The smallest absolute Gasteiger partial charge is 0.222 e. The number of amides is 1. The van der Waals surface area contributed by atoms with E-state index in [4.69, 9.17) is 0 Å². The molecule has 2 aliphatic rings. The van der Waals surface area contributed by atoms with Crippen LogP contribution in [0, 0.1) is 17.8 Å². The molecule has 0 aliphatic heterocycles. The Hall–Kier alpha value is -1.45. The van der Waals surface area contributed by atoms with Crippen molar-refractivity contribution in [3.05, 3.63) is 12.2 Å². The second kappa shape index (κ2) is 5.46. The third-order valence-electron chi connectivity index (χ3n) is 4.13. The quantitative estimate of drug-likeness (QED) is 0.766. The van der Waals surface area contributed by atoms with Crippen LogP contribution in [-0.2, 0) is 14.4 Å². The Morgan fingerprint density at radius 1 is 1.17 bits per heavy atom. The molecule has 0 spiro atoms. The van der Waals surface area contributed by atoms with E-state index in [1.807, 2.05) is 0 Å². The standard InChI is InChI=1S/C14H19NO3/c1-15-14(18)10-4-2-9(3-5-10)8-11-12(16)6-7-13(11)17/h6-7,9-11H,2-5,8H2,1H3,(H,15,18). The summed E-state index contributed by atoms with van der Waals surface area (Å²) in [5.74, 6) is 0.0969. The second-order valence-electron chi connectivity index (χ2n) is 5.26. The van der Waals surface area contributed by atoms with Gasteiger partial charge in [-0.05, 0) is 50.2 Å². The zero-order chi connectivity index (χ0) is 13.1. The minimum atomic E-state index is -0.438. The first kappa shape index (κ1) is 13.0. The summed E-state index contributed by atoms with van der Waals surface area (Å²) in [7, 11) is 1.66. The number of rotatable bonds is 3. The maximum Gasteiger partial charge on any atom is 0.222 e. The number of nitrogens with one attached hydrogen (secondary N) is 1. The minimum Gasteiger partial charge on any atom is -0.359 e. The first-order valence-corrected chi connectivity index (χ1v) is 6.59. The van der Waals surface area contributed by atoms with Gasteiger partial charge in [0.05, 0.1) is 5.92 Å². The Bertz CT molecular complexity index is 374. The largest absolute Gasteiger partial charge is 0.359 e. The van der Waals surface area contributed by atoms with Crippen molar-refractivity contribution < 1.29 is 14.4 Å². The van der Waals surface area contributed by atoms with E-state index in [-0.39, 0.29) is 23.4 Å². The van der Waals surface area contributed by atoms with Gasteiger partial charge >= 0.3 is 0 Å². The number of ketones is 2.